The topological polar surface area (TPSA) is 55.1 Å². The van der Waals surface area contributed by atoms with Crippen molar-refractivity contribution in [3.8, 4) is 11.4 Å². The molecule has 0 radical (unpaired) electrons. The lowest BCUT2D eigenvalue weighted by Crippen LogP contribution is -2.24. The molecule has 7 heteroatoms. The zero-order valence-electron chi connectivity index (χ0n) is 15.2. The highest BCUT2D eigenvalue weighted by Crippen LogP contribution is 2.34. The van der Waals surface area contributed by atoms with Gasteiger partial charge in [0.05, 0.1) is 23.0 Å². The summed E-state index contributed by atoms with van der Waals surface area (Å²) in [5.74, 6) is 1.05. The van der Waals surface area contributed by atoms with Gasteiger partial charge >= 0.3 is 0 Å². The zero-order valence-corrected chi connectivity index (χ0v) is 16.0. The lowest BCUT2D eigenvalue weighted by atomic mass is 10.1. The summed E-state index contributed by atoms with van der Waals surface area (Å²) in [5.41, 5.74) is 3.19. The van der Waals surface area contributed by atoms with Gasteiger partial charge in [-0.15, -0.1) is 0 Å². The number of aryl methyl sites for hydroxylation is 2. The van der Waals surface area contributed by atoms with Crippen molar-refractivity contribution in [1.82, 2.24) is 20.0 Å². The Labute approximate surface area is 162 Å². The molecule has 1 atom stereocenters. The van der Waals surface area contributed by atoms with Crippen LogP contribution in [0.25, 0.3) is 11.4 Å². The second kappa shape index (κ2) is 7.37. The molecule has 0 spiro atoms. The number of hydrogen-bond donors (Lipinski definition) is 0. The van der Waals surface area contributed by atoms with Crippen molar-refractivity contribution in [2.45, 2.75) is 39.3 Å². The van der Waals surface area contributed by atoms with Crippen LogP contribution in [0.1, 0.15) is 41.6 Å². The summed E-state index contributed by atoms with van der Waals surface area (Å²) in [5, 5.41) is 4.40. The van der Waals surface area contributed by atoms with E-state index in [1.165, 1.54) is 6.07 Å². The van der Waals surface area contributed by atoms with Crippen molar-refractivity contribution in [3.05, 3.63) is 64.0 Å². The van der Waals surface area contributed by atoms with Crippen LogP contribution in [0.15, 0.2) is 35.0 Å². The van der Waals surface area contributed by atoms with E-state index in [2.05, 4.69) is 15.0 Å². The van der Waals surface area contributed by atoms with Crippen LogP contribution in [0.4, 0.5) is 4.39 Å². The Bertz CT molecular complexity index is 955. The second-order valence-electron chi connectivity index (χ2n) is 6.87. The quantitative estimate of drug-likeness (QED) is 0.639. The molecular formula is C20H20ClFN4O. The highest BCUT2D eigenvalue weighted by molar-refractivity contribution is 6.30. The number of nitrogens with zero attached hydrogens (tertiary/aromatic N) is 4. The van der Waals surface area contributed by atoms with Crippen molar-refractivity contribution in [3.63, 3.8) is 0 Å². The fourth-order valence-electron chi connectivity index (χ4n) is 3.70. The van der Waals surface area contributed by atoms with Crippen molar-refractivity contribution < 1.29 is 8.91 Å². The molecule has 1 aliphatic heterocycles. The predicted molar refractivity (Wildman–Crippen MR) is 101 cm³/mol. The van der Waals surface area contributed by atoms with E-state index in [1.807, 2.05) is 19.9 Å². The number of likely N-dealkylation sites (tertiary alicyclic amines) is 1. The smallest absolute Gasteiger partial charge is 0.164 e. The van der Waals surface area contributed by atoms with Gasteiger partial charge in [-0.2, -0.15) is 0 Å². The molecule has 1 aliphatic rings. The summed E-state index contributed by atoms with van der Waals surface area (Å²) in [4.78, 5) is 11.4. The number of hydrogen-bond acceptors (Lipinski definition) is 5. The highest BCUT2D eigenvalue weighted by atomic mass is 35.5. The Morgan fingerprint density at radius 3 is 2.89 bits per heavy atom. The van der Waals surface area contributed by atoms with E-state index in [1.54, 1.807) is 18.3 Å². The van der Waals surface area contributed by atoms with Crippen LogP contribution < -0.4 is 0 Å². The van der Waals surface area contributed by atoms with E-state index in [9.17, 15) is 4.39 Å². The van der Waals surface area contributed by atoms with Crippen LogP contribution >= 0.6 is 11.6 Å². The highest BCUT2D eigenvalue weighted by Gasteiger charge is 2.28. The van der Waals surface area contributed by atoms with E-state index in [-0.39, 0.29) is 11.9 Å². The van der Waals surface area contributed by atoms with Crippen LogP contribution in [-0.4, -0.2) is 26.6 Å². The SMILES string of the molecule is Cc1noc(C)c1-c1nccc(C2CCCN2Cc2ccc(Cl)cc2F)n1. The van der Waals surface area contributed by atoms with Crippen molar-refractivity contribution in [2.24, 2.45) is 0 Å². The Morgan fingerprint density at radius 1 is 1.30 bits per heavy atom. The molecule has 0 saturated carbocycles. The van der Waals surface area contributed by atoms with Gasteiger partial charge < -0.3 is 4.52 Å². The minimum Gasteiger partial charge on any atom is -0.361 e. The van der Waals surface area contributed by atoms with E-state index >= 15 is 0 Å². The second-order valence-corrected chi connectivity index (χ2v) is 7.30. The Hall–Kier alpha value is -2.31. The molecule has 0 aliphatic carbocycles. The van der Waals surface area contributed by atoms with Gasteiger partial charge in [0.2, 0.25) is 0 Å². The van der Waals surface area contributed by atoms with Crippen LogP contribution in [0.5, 0.6) is 0 Å². The largest absolute Gasteiger partial charge is 0.361 e. The number of halogens is 2. The molecule has 1 fully saturated rings. The van der Waals surface area contributed by atoms with Crippen LogP contribution in [0.2, 0.25) is 5.02 Å². The fourth-order valence-corrected chi connectivity index (χ4v) is 3.86. The molecule has 1 unspecified atom stereocenters. The summed E-state index contributed by atoms with van der Waals surface area (Å²) < 4.78 is 19.5. The fraction of sp³-hybridized carbons (Fsp3) is 0.350. The molecule has 0 N–H and O–H groups in total. The average Bonchev–Trinajstić information content (AvgIpc) is 3.24. The maximum atomic E-state index is 14.2. The lowest BCUT2D eigenvalue weighted by Gasteiger charge is -2.24. The summed E-state index contributed by atoms with van der Waals surface area (Å²) in [7, 11) is 0. The number of benzene rings is 1. The summed E-state index contributed by atoms with van der Waals surface area (Å²) in [6.07, 6.45) is 3.79. The van der Waals surface area contributed by atoms with Gasteiger partial charge in [0.15, 0.2) is 5.82 Å². The molecule has 3 heterocycles. The number of rotatable bonds is 4. The van der Waals surface area contributed by atoms with Crippen LogP contribution in [0.3, 0.4) is 0 Å². The first-order chi connectivity index (χ1) is 13.0. The van der Waals surface area contributed by atoms with Crippen molar-refractivity contribution >= 4 is 11.6 Å². The third-order valence-corrected chi connectivity index (χ3v) is 5.26. The summed E-state index contributed by atoms with van der Waals surface area (Å²) in [6, 6.07) is 6.90. The van der Waals surface area contributed by atoms with Gasteiger partial charge in [0, 0.05) is 23.3 Å². The Kier molecular flexibility index (Phi) is 4.93. The van der Waals surface area contributed by atoms with E-state index < -0.39 is 0 Å². The van der Waals surface area contributed by atoms with Crippen LogP contribution in [0, 0.1) is 19.7 Å². The molecule has 140 valence electrons. The molecule has 5 nitrogen and oxygen atoms in total. The van der Waals surface area contributed by atoms with E-state index in [0.717, 1.165) is 36.3 Å². The van der Waals surface area contributed by atoms with Gasteiger partial charge in [-0.25, -0.2) is 14.4 Å². The number of aromatic nitrogens is 3. The maximum absolute atomic E-state index is 14.2. The molecule has 0 amide bonds. The van der Waals surface area contributed by atoms with Gasteiger partial charge in [0.1, 0.15) is 11.6 Å². The van der Waals surface area contributed by atoms with Gasteiger partial charge in [-0.1, -0.05) is 22.8 Å². The first-order valence-electron chi connectivity index (χ1n) is 8.97. The molecule has 27 heavy (non-hydrogen) atoms. The summed E-state index contributed by atoms with van der Waals surface area (Å²) in [6.45, 7) is 5.17. The first kappa shape index (κ1) is 18.1. The van der Waals surface area contributed by atoms with Crippen LogP contribution in [-0.2, 0) is 6.54 Å². The first-order valence-corrected chi connectivity index (χ1v) is 9.35. The molecule has 0 bridgehead atoms. The van der Waals surface area contributed by atoms with Gasteiger partial charge in [0.25, 0.3) is 0 Å². The standard InChI is InChI=1S/C20H20ClFN4O/c1-12-19(13(2)27-25-12)20-23-8-7-17(24-20)18-4-3-9-26(18)11-14-5-6-15(21)10-16(14)22/h5-8,10,18H,3-4,9,11H2,1-2H3. The lowest BCUT2D eigenvalue weighted by molar-refractivity contribution is 0.241. The van der Waals surface area contributed by atoms with Gasteiger partial charge in [-0.05, 0) is 51.4 Å². The molecule has 3 aromatic rings. The third kappa shape index (κ3) is 3.59. The average molecular weight is 387 g/mol. The van der Waals surface area contributed by atoms with Crippen molar-refractivity contribution in [1.29, 1.82) is 0 Å². The zero-order chi connectivity index (χ0) is 19.0. The van der Waals surface area contributed by atoms with Crippen molar-refractivity contribution in [2.75, 3.05) is 6.54 Å². The molecule has 1 saturated heterocycles. The Morgan fingerprint density at radius 2 is 2.15 bits per heavy atom. The molecule has 1 aromatic carbocycles. The van der Waals surface area contributed by atoms with Gasteiger partial charge in [-0.3, -0.25) is 4.90 Å². The minimum absolute atomic E-state index is 0.127. The molecular weight excluding hydrogens is 367 g/mol. The normalized spacial score (nSPS) is 17.6. The van der Waals surface area contributed by atoms with E-state index in [0.29, 0.717) is 28.7 Å². The Balaban J connectivity index is 1.61. The maximum Gasteiger partial charge on any atom is 0.164 e. The monoisotopic (exact) mass is 386 g/mol. The molecule has 2 aromatic heterocycles. The van der Waals surface area contributed by atoms with E-state index in [4.69, 9.17) is 21.1 Å². The summed E-state index contributed by atoms with van der Waals surface area (Å²) >= 11 is 5.87. The third-order valence-electron chi connectivity index (χ3n) is 5.03. The minimum atomic E-state index is -0.271. The molecule has 4 rings (SSSR count). The predicted octanol–water partition coefficient (Wildman–Crippen LogP) is 4.88.